The molecule has 3 heteroatoms. The Labute approximate surface area is 87.1 Å². The molecule has 1 fully saturated rings. The predicted molar refractivity (Wildman–Crippen MR) is 57.9 cm³/mol. The van der Waals surface area contributed by atoms with E-state index in [4.69, 9.17) is 5.26 Å². The highest BCUT2D eigenvalue weighted by molar-refractivity contribution is 4.83. The minimum atomic E-state index is 0.149. The van der Waals surface area contributed by atoms with E-state index >= 15 is 0 Å². The summed E-state index contributed by atoms with van der Waals surface area (Å²) in [7, 11) is 0. The van der Waals surface area contributed by atoms with Crippen molar-refractivity contribution in [1.29, 1.82) is 5.26 Å². The Balaban J connectivity index is 2.07. The van der Waals surface area contributed by atoms with Crippen LogP contribution in [0.3, 0.4) is 0 Å². The first-order chi connectivity index (χ1) is 6.76. The summed E-state index contributed by atoms with van der Waals surface area (Å²) in [5, 5.41) is 12.2. The van der Waals surface area contributed by atoms with Crippen LogP contribution in [-0.4, -0.2) is 37.1 Å². The van der Waals surface area contributed by atoms with Crippen LogP contribution in [0.1, 0.15) is 26.7 Å². The highest BCUT2D eigenvalue weighted by Gasteiger charge is 2.20. The molecule has 1 atom stereocenters. The van der Waals surface area contributed by atoms with Crippen molar-refractivity contribution in [1.82, 2.24) is 10.2 Å². The summed E-state index contributed by atoms with van der Waals surface area (Å²) in [4.78, 5) is 2.34. The van der Waals surface area contributed by atoms with Crippen LogP contribution >= 0.6 is 0 Å². The van der Waals surface area contributed by atoms with E-state index in [1.807, 2.05) is 6.92 Å². The van der Waals surface area contributed by atoms with E-state index in [0.29, 0.717) is 0 Å². The molecule has 0 amide bonds. The Kier molecular flexibility index (Phi) is 4.92. The molecule has 1 N–H and O–H groups in total. The van der Waals surface area contributed by atoms with Crippen molar-refractivity contribution in [3.05, 3.63) is 0 Å². The van der Waals surface area contributed by atoms with Gasteiger partial charge in [-0.05, 0) is 26.3 Å². The monoisotopic (exact) mass is 195 g/mol. The lowest BCUT2D eigenvalue weighted by atomic mass is 10.2. The summed E-state index contributed by atoms with van der Waals surface area (Å²) in [5.74, 6) is 0.149. The molecule has 0 aromatic heterocycles. The number of nitriles is 1. The van der Waals surface area contributed by atoms with E-state index in [9.17, 15) is 0 Å². The molecule has 1 aliphatic rings. The van der Waals surface area contributed by atoms with Gasteiger partial charge in [-0.1, -0.05) is 6.92 Å². The molecule has 0 aromatic rings. The van der Waals surface area contributed by atoms with Gasteiger partial charge in [-0.15, -0.1) is 0 Å². The fourth-order valence-electron chi connectivity index (χ4n) is 1.52. The van der Waals surface area contributed by atoms with Crippen LogP contribution in [0.2, 0.25) is 0 Å². The molecular weight excluding hydrogens is 174 g/mol. The van der Waals surface area contributed by atoms with Crippen LogP contribution in [0.25, 0.3) is 0 Å². The number of rotatable bonds is 7. The van der Waals surface area contributed by atoms with Crippen molar-refractivity contribution in [3.8, 4) is 6.07 Å². The normalized spacial score (nSPS) is 18.1. The van der Waals surface area contributed by atoms with Crippen molar-refractivity contribution in [3.63, 3.8) is 0 Å². The molecule has 0 radical (unpaired) electrons. The summed E-state index contributed by atoms with van der Waals surface area (Å²) in [6.07, 6.45) is 2.70. The first-order valence-electron chi connectivity index (χ1n) is 5.61. The molecule has 1 unspecified atom stereocenters. The molecule has 0 aliphatic heterocycles. The fourth-order valence-corrected chi connectivity index (χ4v) is 1.52. The van der Waals surface area contributed by atoms with Gasteiger partial charge >= 0.3 is 0 Å². The summed E-state index contributed by atoms with van der Waals surface area (Å²) in [6.45, 7) is 8.21. The van der Waals surface area contributed by atoms with Crippen molar-refractivity contribution in [2.24, 2.45) is 5.92 Å². The van der Waals surface area contributed by atoms with Gasteiger partial charge in [-0.3, -0.25) is 0 Å². The highest BCUT2D eigenvalue weighted by Crippen LogP contribution is 2.17. The minimum Gasteiger partial charge on any atom is -0.313 e. The molecule has 0 spiro atoms. The topological polar surface area (TPSA) is 39.1 Å². The van der Waals surface area contributed by atoms with Gasteiger partial charge < -0.3 is 10.2 Å². The summed E-state index contributed by atoms with van der Waals surface area (Å²) < 4.78 is 0. The van der Waals surface area contributed by atoms with Crippen LogP contribution in [0.4, 0.5) is 0 Å². The van der Waals surface area contributed by atoms with Crippen LogP contribution in [0, 0.1) is 17.2 Å². The maximum Gasteiger partial charge on any atom is 0.0666 e. The Bertz CT molecular complexity index is 193. The zero-order chi connectivity index (χ0) is 10.4. The predicted octanol–water partition coefficient (Wildman–Crippen LogP) is 1.22. The van der Waals surface area contributed by atoms with Crippen LogP contribution in [0.15, 0.2) is 0 Å². The number of nitrogens with zero attached hydrogens (tertiary/aromatic N) is 2. The largest absolute Gasteiger partial charge is 0.313 e. The maximum atomic E-state index is 8.71. The summed E-state index contributed by atoms with van der Waals surface area (Å²) in [6, 6.07) is 3.07. The SMILES string of the molecule is CCN(CCNC1CC1)CC(C)C#N. The molecule has 1 saturated carbocycles. The Morgan fingerprint density at radius 3 is 2.79 bits per heavy atom. The number of nitrogens with one attached hydrogen (secondary N) is 1. The van der Waals surface area contributed by atoms with Gasteiger partial charge in [-0.2, -0.15) is 5.26 Å². The van der Waals surface area contributed by atoms with E-state index in [0.717, 1.165) is 32.2 Å². The second-order valence-corrected chi connectivity index (χ2v) is 4.15. The van der Waals surface area contributed by atoms with Gasteiger partial charge in [0.2, 0.25) is 0 Å². The minimum absolute atomic E-state index is 0.149. The van der Waals surface area contributed by atoms with Gasteiger partial charge in [0, 0.05) is 25.7 Å². The number of hydrogen-bond donors (Lipinski definition) is 1. The lowest BCUT2D eigenvalue weighted by Gasteiger charge is -2.21. The van der Waals surface area contributed by atoms with Crippen molar-refractivity contribution in [2.75, 3.05) is 26.2 Å². The molecule has 0 heterocycles. The van der Waals surface area contributed by atoms with Crippen molar-refractivity contribution >= 4 is 0 Å². The molecule has 14 heavy (non-hydrogen) atoms. The summed E-state index contributed by atoms with van der Waals surface area (Å²) >= 11 is 0. The first kappa shape index (κ1) is 11.5. The average Bonchev–Trinajstić information content (AvgIpc) is 2.99. The lowest BCUT2D eigenvalue weighted by molar-refractivity contribution is 0.268. The second-order valence-electron chi connectivity index (χ2n) is 4.15. The van der Waals surface area contributed by atoms with Gasteiger partial charge in [0.25, 0.3) is 0 Å². The molecule has 1 aliphatic carbocycles. The van der Waals surface area contributed by atoms with Gasteiger partial charge in [0.05, 0.1) is 12.0 Å². The van der Waals surface area contributed by atoms with Crippen LogP contribution < -0.4 is 5.32 Å². The average molecular weight is 195 g/mol. The molecule has 0 aromatic carbocycles. The standard InChI is InChI=1S/C11H21N3/c1-3-14(9-10(2)8-12)7-6-13-11-4-5-11/h10-11,13H,3-7,9H2,1-2H3. The first-order valence-corrected chi connectivity index (χ1v) is 5.61. The van der Waals surface area contributed by atoms with Crippen molar-refractivity contribution in [2.45, 2.75) is 32.7 Å². The van der Waals surface area contributed by atoms with Gasteiger partial charge in [0.15, 0.2) is 0 Å². The molecule has 0 saturated heterocycles. The van der Waals surface area contributed by atoms with E-state index in [-0.39, 0.29) is 5.92 Å². The maximum absolute atomic E-state index is 8.71. The van der Waals surface area contributed by atoms with E-state index in [1.54, 1.807) is 0 Å². The zero-order valence-corrected chi connectivity index (χ0v) is 9.29. The Morgan fingerprint density at radius 1 is 1.57 bits per heavy atom. The highest BCUT2D eigenvalue weighted by atomic mass is 15.1. The number of likely N-dealkylation sites (N-methyl/N-ethyl adjacent to an activating group) is 1. The third-order valence-corrected chi connectivity index (χ3v) is 2.64. The molecule has 3 nitrogen and oxygen atoms in total. The van der Waals surface area contributed by atoms with Crippen LogP contribution in [-0.2, 0) is 0 Å². The molecule has 80 valence electrons. The van der Waals surface area contributed by atoms with E-state index in [2.05, 4.69) is 23.2 Å². The van der Waals surface area contributed by atoms with E-state index < -0.39 is 0 Å². The van der Waals surface area contributed by atoms with Gasteiger partial charge in [-0.25, -0.2) is 0 Å². The van der Waals surface area contributed by atoms with Crippen molar-refractivity contribution < 1.29 is 0 Å². The second kappa shape index (κ2) is 6.00. The Hall–Kier alpha value is -0.590. The third kappa shape index (κ3) is 4.59. The molecular formula is C11H21N3. The quantitative estimate of drug-likeness (QED) is 0.664. The third-order valence-electron chi connectivity index (χ3n) is 2.64. The smallest absolute Gasteiger partial charge is 0.0666 e. The molecule has 1 rings (SSSR count). The lowest BCUT2D eigenvalue weighted by Crippen LogP contribution is -2.35. The molecule has 0 bridgehead atoms. The number of hydrogen-bond acceptors (Lipinski definition) is 3. The Morgan fingerprint density at radius 2 is 2.29 bits per heavy atom. The summed E-state index contributed by atoms with van der Waals surface area (Å²) in [5.41, 5.74) is 0. The van der Waals surface area contributed by atoms with Crippen LogP contribution in [0.5, 0.6) is 0 Å². The van der Waals surface area contributed by atoms with E-state index in [1.165, 1.54) is 12.8 Å². The fraction of sp³-hybridized carbons (Fsp3) is 0.909. The van der Waals surface area contributed by atoms with Gasteiger partial charge in [0.1, 0.15) is 0 Å². The zero-order valence-electron chi connectivity index (χ0n) is 9.29.